The van der Waals surface area contributed by atoms with E-state index in [-0.39, 0.29) is 6.23 Å². The summed E-state index contributed by atoms with van der Waals surface area (Å²) >= 11 is 0. The minimum atomic E-state index is -0.101. The average Bonchev–Trinajstić information content (AvgIpc) is 2.58. The first kappa shape index (κ1) is 6.22. The second-order valence-electron chi connectivity index (χ2n) is 2.24. The van der Waals surface area contributed by atoms with Gasteiger partial charge in [0.2, 0.25) is 6.23 Å². The predicted molar refractivity (Wildman–Crippen MR) is 40.3 cm³/mol. The van der Waals surface area contributed by atoms with Crippen molar-refractivity contribution in [1.29, 1.82) is 0 Å². The lowest BCUT2D eigenvalue weighted by Gasteiger charge is -2.08. The van der Waals surface area contributed by atoms with Crippen molar-refractivity contribution in [2.24, 2.45) is 0 Å². The number of hydrogen-bond donors (Lipinski definition) is 1. The molecular weight excluding hydrogens is 140 g/mol. The summed E-state index contributed by atoms with van der Waals surface area (Å²) in [6, 6.07) is 5.74. The van der Waals surface area contributed by atoms with E-state index in [0.29, 0.717) is 0 Å². The molecule has 0 saturated heterocycles. The number of ether oxygens (including phenoxy) is 1. The van der Waals surface area contributed by atoms with Gasteiger partial charge in [-0.25, -0.2) is 0 Å². The highest BCUT2D eigenvalue weighted by molar-refractivity contribution is 5.08. The molecular formula is C8H8N2O. The molecule has 3 heteroatoms. The van der Waals surface area contributed by atoms with E-state index in [1.165, 1.54) is 0 Å². The maximum absolute atomic E-state index is 5.18. The van der Waals surface area contributed by atoms with Crippen molar-refractivity contribution in [3.05, 3.63) is 42.6 Å². The van der Waals surface area contributed by atoms with Crippen LogP contribution in [-0.2, 0) is 4.74 Å². The van der Waals surface area contributed by atoms with E-state index >= 15 is 0 Å². The molecule has 0 bridgehead atoms. The molecule has 1 aromatic rings. The molecule has 1 atom stereocenters. The highest BCUT2D eigenvalue weighted by Gasteiger charge is 2.12. The summed E-state index contributed by atoms with van der Waals surface area (Å²) in [5.74, 6) is 0. The second kappa shape index (κ2) is 2.62. The number of hydrogen-bond acceptors (Lipinski definition) is 3. The number of nitrogens with zero attached hydrogens (tertiary/aromatic N) is 1. The first-order valence-electron chi connectivity index (χ1n) is 3.44. The number of pyridine rings is 1. The smallest absolute Gasteiger partial charge is 0.212 e. The van der Waals surface area contributed by atoms with Gasteiger partial charge in [-0.2, -0.15) is 0 Å². The minimum absolute atomic E-state index is 0.101. The first-order valence-corrected chi connectivity index (χ1v) is 3.44. The third-order valence-corrected chi connectivity index (χ3v) is 1.49. The van der Waals surface area contributed by atoms with E-state index in [1.54, 1.807) is 18.7 Å². The lowest BCUT2D eigenvalue weighted by atomic mass is 10.3. The molecule has 0 amide bonds. The zero-order valence-electron chi connectivity index (χ0n) is 5.90. The Kier molecular flexibility index (Phi) is 1.48. The van der Waals surface area contributed by atoms with Gasteiger partial charge < -0.3 is 10.1 Å². The SMILES string of the molecule is C1=CO[C@H](c2ccccn2)N1. The van der Waals surface area contributed by atoms with Crippen LogP contribution in [0.4, 0.5) is 0 Å². The van der Waals surface area contributed by atoms with E-state index in [1.807, 2.05) is 18.2 Å². The van der Waals surface area contributed by atoms with E-state index in [0.717, 1.165) is 5.69 Å². The molecule has 1 aliphatic heterocycles. The number of aromatic nitrogens is 1. The van der Waals surface area contributed by atoms with Gasteiger partial charge in [-0.3, -0.25) is 4.98 Å². The van der Waals surface area contributed by atoms with Crippen molar-refractivity contribution < 1.29 is 4.74 Å². The van der Waals surface area contributed by atoms with Crippen LogP contribution in [0.3, 0.4) is 0 Å². The summed E-state index contributed by atoms with van der Waals surface area (Å²) in [5.41, 5.74) is 0.900. The quantitative estimate of drug-likeness (QED) is 0.649. The normalized spacial score (nSPS) is 20.9. The highest BCUT2D eigenvalue weighted by atomic mass is 16.5. The van der Waals surface area contributed by atoms with Crippen LogP contribution >= 0.6 is 0 Å². The molecule has 0 saturated carbocycles. The van der Waals surface area contributed by atoms with Crippen molar-refractivity contribution in [2.75, 3.05) is 0 Å². The molecule has 1 N–H and O–H groups in total. The Hall–Kier alpha value is -1.51. The average molecular weight is 148 g/mol. The Morgan fingerprint density at radius 1 is 1.45 bits per heavy atom. The molecule has 11 heavy (non-hydrogen) atoms. The van der Waals surface area contributed by atoms with Crippen LogP contribution in [0.2, 0.25) is 0 Å². The molecule has 0 spiro atoms. The van der Waals surface area contributed by atoms with Crippen molar-refractivity contribution >= 4 is 0 Å². The second-order valence-corrected chi connectivity index (χ2v) is 2.24. The third-order valence-electron chi connectivity index (χ3n) is 1.49. The van der Waals surface area contributed by atoms with E-state index in [9.17, 15) is 0 Å². The number of rotatable bonds is 1. The van der Waals surface area contributed by atoms with Gasteiger partial charge in [0.15, 0.2) is 0 Å². The molecule has 0 fully saturated rings. The van der Waals surface area contributed by atoms with Crippen LogP contribution in [-0.4, -0.2) is 4.98 Å². The molecule has 56 valence electrons. The fraction of sp³-hybridized carbons (Fsp3) is 0.125. The molecule has 0 aromatic carbocycles. The standard InChI is InChI=1S/C8H8N2O/c1-2-4-9-7(3-1)8-10-5-6-11-8/h1-6,8,10H/t8-/m1/s1. The van der Waals surface area contributed by atoms with Gasteiger partial charge in [-0.05, 0) is 12.1 Å². The maximum atomic E-state index is 5.18. The molecule has 2 rings (SSSR count). The maximum Gasteiger partial charge on any atom is 0.212 e. The first-order chi connectivity index (χ1) is 5.47. The van der Waals surface area contributed by atoms with Crippen LogP contribution in [0, 0.1) is 0 Å². The topological polar surface area (TPSA) is 34.1 Å². The van der Waals surface area contributed by atoms with Crippen molar-refractivity contribution in [3.63, 3.8) is 0 Å². The van der Waals surface area contributed by atoms with Gasteiger partial charge in [-0.1, -0.05) is 6.07 Å². The van der Waals surface area contributed by atoms with Crippen molar-refractivity contribution in [3.8, 4) is 0 Å². The minimum Gasteiger partial charge on any atom is -0.471 e. The van der Waals surface area contributed by atoms with Gasteiger partial charge in [0, 0.05) is 12.4 Å². The van der Waals surface area contributed by atoms with E-state index in [4.69, 9.17) is 4.74 Å². The Balaban J connectivity index is 2.17. The lowest BCUT2D eigenvalue weighted by molar-refractivity contribution is 0.150. The van der Waals surface area contributed by atoms with Gasteiger partial charge in [0.25, 0.3) is 0 Å². The lowest BCUT2D eigenvalue weighted by Crippen LogP contribution is -2.12. The van der Waals surface area contributed by atoms with E-state index in [2.05, 4.69) is 10.3 Å². The van der Waals surface area contributed by atoms with Gasteiger partial charge in [0.1, 0.15) is 12.0 Å². The van der Waals surface area contributed by atoms with Crippen LogP contribution in [0.15, 0.2) is 36.9 Å². The van der Waals surface area contributed by atoms with Gasteiger partial charge >= 0.3 is 0 Å². The predicted octanol–water partition coefficient (Wildman–Crippen LogP) is 1.17. The summed E-state index contributed by atoms with van der Waals surface area (Å²) in [6.07, 6.45) is 5.04. The highest BCUT2D eigenvalue weighted by Crippen LogP contribution is 2.14. The summed E-state index contributed by atoms with van der Waals surface area (Å²) in [4.78, 5) is 4.13. The van der Waals surface area contributed by atoms with Crippen molar-refractivity contribution in [1.82, 2.24) is 10.3 Å². The Labute approximate surface area is 64.7 Å². The fourth-order valence-electron chi connectivity index (χ4n) is 0.970. The van der Waals surface area contributed by atoms with Crippen molar-refractivity contribution in [2.45, 2.75) is 6.23 Å². The fourth-order valence-corrected chi connectivity index (χ4v) is 0.970. The summed E-state index contributed by atoms with van der Waals surface area (Å²) < 4.78 is 5.18. The summed E-state index contributed by atoms with van der Waals surface area (Å²) in [7, 11) is 0. The molecule has 0 radical (unpaired) electrons. The molecule has 0 aliphatic carbocycles. The molecule has 2 heterocycles. The summed E-state index contributed by atoms with van der Waals surface area (Å²) in [5, 5.41) is 3.01. The Bertz CT molecular complexity index is 250. The Morgan fingerprint density at radius 3 is 3.09 bits per heavy atom. The monoisotopic (exact) mass is 148 g/mol. The van der Waals surface area contributed by atoms with Gasteiger partial charge in [-0.15, -0.1) is 0 Å². The number of nitrogens with one attached hydrogen (secondary N) is 1. The largest absolute Gasteiger partial charge is 0.471 e. The van der Waals surface area contributed by atoms with Crippen LogP contribution < -0.4 is 5.32 Å². The summed E-state index contributed by atoms with van der Waals surface area (Å²) in [6.45, 7) is 0. The molecule has 0 unspecified atom stereocenters. The zero-order valence-corrected chi connectivity index (χ0v) is 5.90. The molecule has 1 aromatic heterocycles. The zero-order chi connectivity index (χ0) is 7.52. The Morgan fingerprint density at radius 2 is 2.45 bits per heavy atom. The van der Waals surface area contributed by atoms with Crippen LogP contribution in [0.5, 0.6) is 0 Å². The van der Waals surface area contributed by atoms with Crippen LogP contribution in [0.25, 0.3) is 0 Å². The van der Waals surface area contributed by atoms with E-state index < -0.39 is 0 Å². The van der Waals surface area contributed by atoms with Gasteiger partial charge in [0.05, 0.1) is 0 Å². The third kappa shape index (κ3) is 1.17. The molecule has 1 aliphatic rings. The molecule has 3 nitrogen and oxygen atoms in total. The van der Waals surface area contributed by atoms with Crippen LogP contribution in [0.1, 0.15) is 11.9 Å².